The quantitative estimate of drug-likeness (QED) is 0.760. The fraction of sp³-hybridized carbons (Fsp3) is 0.200. The molecule has 0 atom stereocenters. The van der Waals surface area contributed by atoms with E-state index >= 15 is 0 Å². The van der Waals surface area contributed by atoms with Gasteiger partial charge in [0.15, 0.2) is 5.69 Å². The first kappa shape index (κ1) is 15.5. The molecule has 23 heavy (non-hydrogen) atoms. The molecule has 0 aliphatic heterocycles. The van der Waals surface area contributed by atoms with Crippen LogP contribution in [0.2, 0.25) is 0 Å². The minimum Gasteiger partial charge on any atom is -0.321 e. The van der Waals surface area contributed by atoms with Gasteiger partial charge in [-0.1, -0.05) is 12.1 Å². The molecule has 1 N–H and O–H groups in total. The highest BCUT2D eigenvalue weighted by atomic mass is 32.1. The van der Waals surface area contributed by atoms with Gasteiger partial charge in [-0.15, -0.1) is 11.3 Å². The fourth-order valence-corrected chi connectivity index (χ4v) is 3.24. The minimum atomic E-state index is -4.55. The summed E-state index contributed by atoms with van der Waals surface area (Å²) in [4.78, 5) is 12.8. The van der Waals surface area contributed by atoms with Crippen molar-refractivity contribution in [3.05, 3.63) is 46.5 Å². The number of thiophene rings is 1. The predicted octanol–water partition coefficient (Wildman–Crippen LogP) is 4.21. The topological polar surface area (TPSA) is 46.9 Å². The van der Waals surface area contributed by atoms with E-state index in [2.05, 4.69) is 10.4 Å². The maximum atomic E-state index is 13.0. The first-order chi connectivity index (χ1) is 10.8. The van der Waals surface area contributed by atoms with Crippen molar-refractivity contribution in [3.8, 4) is 0 Å². The molecule has 0 unspecified atom stereocenters. The van der Waals surface area contributed by atoms with Crippen molar-refractivity contribution < 1.29 is 18.0 Å². The van der Waals surface area contributed by atoms with Gasteiger partial charge in [0.25, 0.3) is 5.91 Å². The monoisotopic (exact) mass is 339 g/mol. The van der Waals surface area contributed by atoms with Crippen molar-refractivity contribution in [1.29, 1.82) is 0 Å². The third-order valence-electron chi connectivity index (χ3n) is 3.28. The van der Waals surface area contributed by atoms with Gasteiger partial charge in [-0.2, -0.15) is 18.3 Å². The number of carbonyl (C=O) groups is 1. The number of carbonyl (C=O) groups excluding carboxylic acids is 1. The second-order valence-electron chi connectivity index (χ2n) is 5.12. The molecule has 4 nitrogen and oxygen atoms in total. The average Bonchev–Trinajstić information content (AvgIpc) is 2.99. The van der Waals surface area contributed by atoms with Crippen molar-refractivity contribution >= 4 is 33.1 Å². The number of hydrogen-bond acceptors (Lipinski definition) is 3. The van der Waals surface area contributed by atoms with E-state index in [1.54, 1.807) is 18.2 Å². The van der Waals surface area contributed by atoms with E-state index in [1.807, 2.05) is 13.0 Å². The van der Waals surface area contributed by atoms with Gasteiger partial charge in [-0.25, -0.2) is 0 Å². The number of halogens is 3. The summed E-state index contributed by atoms with van der Waals surface area (Å²) in [5.74, 6) is -0.440. The van der Waals surface area contributed by atoms with Crippen molar-refractivity contribution in [2.24, 2.45) is 7.05 Å². The largest absolute Gasteiger partial charge is 0.435 e. The zero-order valence-corrected chi connectivity index (χ0v) is 13.0. The number of fused-ring (bicyclic) bond motifs is 1. The molecule has 0 saturated carbocycles. The van der Waals surface area contributed by atoms with Gasteiger partial charge in [0.2, 0.25) is 0 Å². The molecule has 2 aromatic heterocycles. The van der Waals surface area contributed by atoms with Crippen molar-refractivity contribution in [2.75, 3.05) is 5.32 Å². The Morgan fingerprint density at radius 1 is 1.30 bits per heavy atom. The third-order valence-corrected chi connectivity index (χ3v) is 4.48. The zero-order valence-electron chi connectivity index (χ0n) is 12.2. The summed E-state index contributed by atoms with van der Waals surface area (Å²) in [5.41, 5.74) is 0.602. The number of amides is 1. The van der Waals surface area contributed by atoms with Gasteiger partial charge < -0.3 is 5.32 Å². The lowest BCUT2D eigenvalue weighted by atomic mass is 10.2. The van der Waals surface area contributed by atoms with Crippen LogP contribution in [0.4, 0.5) is 18.9 Å². The number of rotatable bonds is 2. The van der Waals surface area contributed by atoms with Gasteiger partial charge in [0.1, 0.15) is 4.83 Å². The van der Waals surface area contributed by atoms with Gasteiger partial charge in [-0.05, 0) is 30.7 Å². The van der Waals surface area contributed by atoms with E-state index in [0.717, 1.165) is 21.6 Å². The molecule has 0 aliphatic rings. The summed E-state index contributed by atoms with van der Waals surface area (Å²) in [7, 11) is 1.43. The molecular weight excluding hydrogens is 327 g/mol. The Kier molecular flexibility index (Phi) is 3.63. The standard InChI is InChI=1S/C15H12F3N3OS/c1-8-4-3-5-9(6-8)19-13(22)11-7-10-12(15(16,17)18)20-21(2)14(10)23-11/h3-7H,1-2H3,(H,19,22). The molecule has 3 rings (SSSR count). The van der Waals surface area contributed by atoms with Crippen LogP contribution in [0.3, 0.4) is 0 Å². The highest BCUT2D eigenvalue weighted by Crippen LogP contribution is 2.37. The molecule has 1 aromatic carbocycles. The lowest BCUT2D eigenvalue weighted by molar-refractivity contribution is -0.140. The number of alkyl halides is 3. The second-order valence-corrected chi connectivity index (χ2v) is 6.15. The van der Waals surface area contributed by atoms with Crippen LogP contribution in [0.5, 0.6) is 0 Å². The van der Waals surface area contributed by atoms with E-state index in [-0.39, 0.29) is 10.3 Å². The Labute approximate surface area is 133 Å². The number of nitrogens with zero attached hydrogens (tertiary/aromatic N) is 2. The molecular formula is C15H12F3N3OS. The Balaban J connectivity index is 1.96. The summed E-state index contributed by atoms with van der Waals surface area (Å²) >= 11 is 0.981. The molecule has 0 saturated heterocycles. The molecule has 0 fully saturated rings. The van der Waals surface area contributed by atoms with Crippen molar-refractivity contribution in [3.63, 3.8) is 0 Å². The van der Waals surface area contributed by atoms with Crippen LogP contribution in [0.25, 0.3) is 10.2 Å². The van der Waals surface area contributed by atoms with Gasteiger partial charge >= 0.3 is 6.18 Å². The van der Waals surface area contributed by atoms with E-state index < -0.39 is 17.8 Å². The van der Waals surface area contributed by atoms with Crippen LogP contribution >= 0.6 is 11.3 Å². The number of aromatic nitrogens is 2. The number of nitrogens with one attached hydrogen (secondary N) is 1. The lowest BCUT2D eigenvalue weighted by Crippen LogP contribution is -2.10. The Morgan fingerprint density at radius 2 is 2.04 bits per heavy atom. The molecule has 0 spiro atoms. The molecule has 0 radical (unpaired) electrons. The van der Waals surface area contributed by atoms with Crippen molar-refractivity contribution in [2.45, 2.75) is 13.1 Å². The summed E-state index contributed by atoms with van der Waals surface area (Å²) in [6.07, 6.45) is -4.55. The number of benzene rings is 1. The first-order valence-electron chi connectivity index (χ1n) is 6.67. The molecule has 0 bridgehead atoms. The normalized spacial score (nSPS) is 11.9. The Bertz CT molecular complexity index is 895. The maximum absolute atomic E-state index is 13.0. The Morgan fingerprint density at radius 3 is 2.70 bits per heavy atom. The molecule has 8 heteroatoms. The van der Waals surface area contributed by atoms with E-state index in [1.165, 1.54) is 13.1 Å². The van der Waals surface area contributed by atoms with Crippen LogP contribution in [0.15, 0.2) is 30.3 Å². The smallest absolute Gasteiger partial charge is 0.321 e. The van der Waals surface area contributed by atoms with Crippen LogP contribution in [0, 0.1) is 6.92 Å². The Hall–Kier alpha value is -2.35. The van der Waals surface area contributed by atoms with E-state index in [0.29, 0.717) is 10.5 Å². The summed E-state index contributed by atoms with van der Waals surface area (Å²) in [5, 5.41) is 6.12. The van der Waals surface area contributed by atoms with Crippen LogP contribution in [-0.2, 0) is 13.2 Å². The van der Waals surface area contributed by atoms with Crippen LogP contribution in [-0.4, -0.2) is 15.7 Å². The fourth-order valence-electron chi connectivity index (χ4n) is 2.28. The van der Waals surface area contributed by atoms with Crippen LogP contribution < -0.4 is 5.32 Å². The molecule has 3 aromatic rings. The highest BCUT2D eigenvalue weighted by molar-refractivity contribution is 7.20. The highest BCUT2D eigenvalue weighted by Gasteiger charge is 2.37. The van der Waals surface area contributed by atoms with Gasteiger partial charge in [-0.3, -0.25) is 9.48 Å². The average molecular weight is 339 g/mol. The van der Waals surface area contributed by atoms with Crippen molar-refractivity contribution in [1.82, 2.24) is 9.78 Å². The SMILES string of the molecule is Cc1cccc(NC(=O)c2cc3c(C(F)(F)F)nn(C)c3s2)c1. The molecule has 0 aliphatic carbocycles. The molecule has 2 heterocycles. The zero-order chi connectivity index (χ0) is 16.8. The predicted molar refractivity (Wildman–Crippen MR) is 82.7 cm³/mol. The second kappa shape index (κ2) is 5.38. The number of hydrogen-bond donors (Lipinski definition) is 1. The van der Waals surface area contributed by atoms with E-state index in [4.69, 9.17) is 0 Å². The van der Waals surface area contributed by atoms with Crippen LogP contribution in [0.1, 0.15) is 20.9 Å². The summed E-state index contributed by atoms with van der Waals surface area (Å²) < 4.78 is 40.0. The van der Waals surface area contributed by atoms with E-state index in [9.17, 15) is 18.0 Å². The number of anilines is 1. The summed E-state index contributed by atoms with van der Waals surface area (Å²) in [6, 6.07) is 8.42. The molecule has 120 valence electrons. The maximum Gasteiger partial charge on any atom is 0.435 e. The van der Waals surface area contributed by atoms with Gasteiger partial charge in [0, 0.05) is 18.1 Å². The van der Waals surface area contributed by atoms with Gasteiger partial charge in [0.05, 0.1) is 4.88 Å². The summed E-state index contributed by atoms with van der Waals surface area (Å²) in [6.45, 7) is 1.89. The minimum absolute atomic E-state index is 0.0561. The number of aryl methyl sites for hydroxylation is 2. The first-order valence-corrected chi connectivity index (χ1v) is 7.49. The third kappa shape index (κ3) is 2.94. The lowest BCUT2D eigenvalue weighted by Gasteiger charge is -2.04. The molecule has 1 amide bonds.